The highest BCUT2D eigenvalue weighted by molar-refractivity contribution is 6.06. The zero-order valence-corrected chi connectivity index (χ0v) is 15.6. The minimum atomic E-state index is -0.627. The Bertz CT molecular complexity index is 790. The summed E-state index contributed by atoms with van der Waals surface area (Å²) in [6.07, 6.45) is 4.25. The van der Waals surface area contributed by atoms with Gasteiger partial charge in [0.2, 0.25) is 5.95 Å². The van der Waals surface area contributed by atoms with Crippen molar-refractivity contribution in [3.8, 4) is 0 Å². The summed E-state index contributed by atoms with van der Waals surface area (Å²) in [4.78, 5) is 12.6. The Kier molecular flexibility index (Phi) is 6.12. The Morgan fingerprint density at radius 2 is 2.04 bits per heavy atom. The maximum absolute atomic E-state index is 14.2. The second-order valence-corrected chi connectivity index (χ2v) is 6.48. The van der Waals surface area contributed by atoms with Crippen molar-refractivity contribution < 1.29 is 9.18 Å². The Morgan fingerprint density at radius 3 is 2.60 bits per heavy atom. The first-order valence-electron chi connectivity index (χ1n) is 8.66. The molecule has 134 valence electrons. The zero-order chi connectivity index (χ0) is 18.6. The average Bonchev–Trinajstić information content (AvgIpc) is 2.81. The molecule has 4 nitrogen and oxygen atoms in total. The molecular weight excluding hydrogens is 317 g/mol. The van der Waals surface area contributed by atoms with E-state index in [1.165, 1.54) is 12.6 Å². The predicted octanol–water partition coefficient (Wildman–Crippen LogP) is 4.96. The molecule has 25 heavy (non-hydrogen) atoms. The van der Waals surface area contributed by atoms with Gasteiger partial charge in [-0.05, 0) is 30.9 Å². The molecule has 0 aliphatic rings. The van der Waals surface area contributed by atoms with Crippen LogP contribution in [0.3, 0.4) is 0 Å². The third kappa shape index (κ3) is 4.16. The molecule has 0 unspecified atom stereocenters. The van der Waals surface area contributed by atoms with E-state index >= 15 is 0 Å². The maximum Gasteiger partial charge on any atom is 0.262 e. The molecule has 0 saturated carbocycles. The summed E-state index contributed by atoms with van der Waals surface area (Å²) in [5.74, 6) is -0.784. The molecule has 0 radical (unpaired) electrons. The molecule has 0 fully saturated rings. The maximum atomic E-state index is 14.2. The van der Waals surface area contributed by atoms with E-state index in [2.05, 4.69) is 37.3 Å². The van der Waals surface area contributed by atoms with Crippen LogP contribution in [0.2, 0.25) is 0 Å². The third-order valence-corrected chi connectivity index (χ3v) is 4.14. The van der Waals surface area contributed by atoms with E-state index in [4.69, 9.17) is 0 Å². The highest BCUT2D eigenvalue weighted by Crippen LogP contribution is 2.30. The predicted molar refractivity (Wildman–Crippen MR) is 100 cm³/mol. The second kappa shape index (κ2) is 8.10. The first kappa shape index (κ1) is 18.9. The molecule has 0 aliphatic heterocycles. The van der Waals surface area contributed by atoms with Crippen molar-refractivity contribution >= 4 is 17.2 Å². The van der Waals surface area contributed by atoms with Crippen molar-refractivity contribution in [3.63, 3.8) is 0 Å². The number of benzene rings is 1. The number of para-hydroxylation sites is 1. The lowest BCUT2D eigenvalue weighted by atomic mass is 9.92. The Morgan fingerprint density at radius 1 is 1.36 bits per heavy atom. The standard InChI is InChI=1S/C20H26FN3O/c1-6-7-10-15(13(2)3)16-11-8-9-12-17(16)22-20(25)18-14(4)23-24(5)19(18)21/h8-13H,6-7H2,1-5H3,(H,22,25)/b15-10+. The number of unbranched alkanes of at least 4 members (excludes halogenated alkanes) is 1. The van der Waals surface area contributed by atoms with Crippen LogP contribution in [0.4, 0.5) is 10.1 Å². The normalized spacial score (nSPS) is 11.9. The van der Waals surface area contributed by atoms with E-state index in [-0.39, 0.29) is 5.56 Å². The van der Waals surface area contributed by atoms with Crippen LogP contribution in [0.5, 0.6) is 0 Å². The summed E-state index contributed by atoms with van der Waals surface area (Å²) >= 11 is 0. The summed E-state index contributed by atoms with van der Waals surface area (Å²) < 4.78 is 15.2. The van der Waals surface area contributed by atoms with Gasteiger partial charge in [-0.3, -0.25) is 4.79 Å². The molecule has 0 saturated heterocycles. The molecule has 1 N–H and O–H groups in total. The van der Waals surface area contributed by atoms with E-state index in [9.17, 15) is 9.18 Å². The van der Waals surface area contributed by atoms with Gasteiger partial charge in [0.15, 0.2) is 0 Å². The second-order valence-electron chi connectivity index (χ2n) is 6.48. The summed E-state index contributed by atoms with van der Waals surface area (Å²) in [6.45, 7) is 8.02. The Labute approximate surface area is 148 Å². The molecule has 1 amide bonds. The van der Waals surface area contributed by atoms with Crippen LogP contribution in [0.1, 0.15) is 55.2 Å². The average molecular weight is 343 g/mol. The minimum absolute atomic E-state index is 0.0130. The smallest absolute Gasteiger partial charge is 0.262 e. The lowest BCUT2D eigenvalue weighted by Gasteiger charge is -2.17. The summed E-state index contributed by atoms with van der Waals surface area (Å²) in [6, 6.07) is 7.65. The van der Waals surface area contributed by atoms with E-state index in [1.807, 2.05) is 24.3 Å². The van der Waals surface area contributed by atoms with Crippen molar-refractivity contribution in [3.05, 3.63) is 53.1 Å². The van der Waals surface area contributed by atoms with Gasteiger partial charge in [-0.15, -0.1) is 0 Å². The first-order chi connectivity index (χ1) is 11.9. The number of carbonyl (C=O) groups is 1. The van der Waals surface area contributed by atoms with Crippen LogP contribution in [-0.4, -0.2) is 15.7 Å². The van der Waals surface area contributed by atoms with E-state index in [1.54, 1.807) is 6.92 Å². The van der Waals surface area contributed by atoms with Crippen molar-refractivity contribution in [2.24, 2.45) is 13.0 Å². The third-order valence-electron chi connectivity index (χ3n) is 4.14. The van der Waals surface area contributed by atoms with Crippen LogP contribution in [0, 0.1) is 18.8 Å². The van der Waals surface area contributed by atoms with E-state index in [0.29, 0.717) is 17.3 Å². The first-order valence-corrected chi connectivity index (χ1v) is 8.66. The number of allylic oxidation sites excluding steroid dienone is 2. The van der Waals surface area contributed by atoms with Crippen LogP contribution in [0.15, 0.2) is 30.3 Å². The van der Waals surface area contributed by atoms with Gasteiger partial charge in [0.1, 0.15) is 5.56 Å². The number of aryl methyl sites for hydroxylation is 2. The molecule has 1 aromatic heterocycles. The SMILES string of the molecule is CCC/C=C(/c1ccccc1NC(=O)c1c(C)nn(C)c1F)C(C)C. The van der Waals surface area contributed by atoms with Crippen molar-refractivity contribution in [1.82, 2.24) is 9.78 Å². The summed E-state index contributed by atoms with van der Waals surface area (Å²) in [7, 11) is 1.48. The lowest BCUT2D eigenvalue weighted by Crippen LogP contribution is -2.16. The minimum Gasteiger partial charge on any atom is -0.321 e. The number of aromatic nitrogens is 2. The fourth-order valence-electron chi connectivity index (χ4n) is 2.87. The van der Waals surface area contributed by atoms with Gasteiger partial charge in [0.25, 0.3) is 5.91 Å². The molecule has 1 aromatic carbocycles. The number of hydrogen-bond acceptors (Lipinski definition) is 2. The number of halogens is 1. The van der Waals surface area contributed by atoms with Gasteiger partial charge < -0.3 is 5.32 Å². The topological polar surface area (TPSA) is 46.9 Å². The molecule has 0 atom stereocenters. The van der Waals surface area contributed by atoms with Crippen molar-refractivity contribution in [2.45, 2.75) is 40.5 Å². The number of rotatable bonds is 6. The van der Waals surface area contributed by atoms with Gasteiger partial charge in [-0.25, -0.2) is 4.68 Å². The Balaban J connectivity index is 2.39. The molecule has 5 heteroatoms. The fourth-order valence-corrected chi connectivity index (χ4v) is 2.87. The molecule has 2 aromatic rings. The lowest BCUT2D eigenvalue weighted by molar-refractivity contribution is 0.102. The Hall–Kier alpha value is -2.43. The van der Waals surface area contributed by atoms with Gasteiger partial charge in [0, 0.05) is 18.3 Å². The molecule has 1 heterocycles. The number of anilines is 1. The number of nitrogens with one attached hydrogen (secondary N) is 1. The quantitative estimate of drug-likeness (QED) is 0.806. The summed E-state index contributed by atoms with van der Waals surface area (Å²) in [5.41, 5.74) is 3.20. The highest BCUT2D eigenvalue weighted by Gasteiger charge is 2.21. The number of carbonyl (C=O) groups excluding carboxylic acids is 1. The van der Waals surface area contributed by atoms with Crippen molar-refractivity contribution in [1.29, 1.82) is 0 Å². The zero-order valence-electron chi connectivity index (χ0n) is 15.6. The van der Waals surface area contributed by atoms with Crippen LogP contribution < -0.4 is 5.32 Å². The van der Waals surface area contributed by atoms with Gasteiger partial charge in [-0.1, -0.05) is 51.5 Å². The van der Waals surface area contributed by atoms with Crippen LogP contribution in [-0.2, 0) is 7.05 Å². The number of nitrogens with zero attached hydrogens (tertiary/aromatic N) is 2. The van der Waals surface area contributed by atoms with E-state index < -0.39 is 11.9 Å². The van der Waals surface area contributed by atoms with Gasteiger partial charge in [0.05, 0.1) is 5.69 Å². The fraction of sp³-hybridized carbons (Fsp3) is 0.400. The van der Waals surface area contributed by atoms with E-state index in [0.717, 1.165) is 23.1 Å². The molecule has 0 aliphatic carbocycles. The summed E-state index contributed by atoms with van der Waals surface area (Å²) in [5, 5.41) is 6.83. The monoisotopic (exact) mass is 343 g/mol. The number of amides is 1. The van der Waals surface area contributed by atoms with Crippen LogP contribution >= 0.6 is 0 Å². The molecular formula is C20H26FN3O. The largest absolute Gasteiger partial charge is 0.321 e. The van der Waals surface area contributed by atoms with Gasteiger partial charge >= 0.3 is 0 Å². The molecule has 2 rings (SSSR count). The number of hydrogen-bond donors (Lipinski definition) is 1. The van der Waals surface area contributed by atoms with Crippen molar-refractivity contribution in [2.75, 3.05) is 5.32 Å². The van der Waals surface area contributed by atoms with Crippen LogP contribution in [0.25, 0.3) is 5.57 Å². The molecule has 0 spiro atoms. The van der Waals surface area contributed by atoms with Gasteiger partial charge in [-0.2, -0.15) is 9.49 Å². The highest BCUT2D eigenvalue weighted by atomic mass is 19.1. The molecule has 0 bridgehead atoms.